The number of anilines is 1. The molecule has 0 bridgehead atoms. The number of thiazole rings is 1. The number of aromatic nitrogens is 2. The van der Waals surface area contributed by atoms with Gasteiger partial charge in [0.25, 0.3) is 11.5 Å². The number of carbonyl (C=O) groups is 1. The van der Waals surface area contributed by atoms with Crippen molar-refractivity contribution >= 4 is 38.3 Å². The van der Waals surface area contributed by atoms with Crippen molar-refractivity contribution in [1.29, 1.82) is 0 Å². The van der Waals surface area contributed by atoms with E-state index in [9.17, 15) is 9.59 Å². The lowest BCUT2D eigenvalue weighted by molar-refractivity contribution is 0.102. The van der Waals surface area contributed by atoms with E-state index in [0.29, 0.717) is 23.2 Å². The molecule has 0 aliphatic heterocycles. The van der Waals surface area contributed by atoms with Crippen LogP contribution in [0.4, 0.5) is 5.13 Å². The molecule has 2 aromatic heterocycles. The highest BCUT2D eigenvalue weighted by Gasteiger charge is 2.10. The van der Waals surface area contributed by atoms with Gasteiger partial charge in [0.1, 0.15) is 0 Å². The lowest BCUT2D eigenvalue weighted by Crippen LogP contribution is -2.23. The SMILES string of the molecule is CC(C)Cn1cc(C(=O)Nc2ncc(Br)s2)ccc1=O. The number of rotatable bonds is 4. The van der Waals surface area contributed by atoms with Gasteiger partial charge in [-0.3, -0.25) is 14.9 Å². The normalized spacial score (nSPS) is 10.8. The first-order valence-corrected chi connectivity index (χ1v) is 7.70. The van der Waals surface area contributed by atoms with E-state index in [-0.39, 0.29) is 11.5 Å². The second kappa shape index (κ2) is 6.32. The van der Waals surface area contributed by atoms with E-state index in [0.717, 1.165) is 3.79 Å². The Labute approximate surface area is 128 Å². The summed E-state index contributed by atoms with van der Waals surface area (Å²) in [5.41, 5.74) is 0.337. The zero-order chi connectivity index (χ0) is 14.7. The number of nitrogens with one attached hydrogen (secondary N) is 1. The van der Waals surface area contributed by atoms with Gasteiger partial charge in [-0.05, 0) is 27.9 Å². The Hall–Kier alpha value is -1.47. The molecule has 0 fully saturated rings. The number of amides is 1. The largest absolute Gasteiger partial charge is 0.314 e. The van der Waals surface area contributed by atoms with E-state index < -0.39 is 0 Å². The van der Waals surface area contributed by atoms with E-state index in [4.69, 9.17) is 0 Å². The lowest BCUT2D eigenvalue weighted by Gasteiger charge is -2.10. The fraction of sp³-hybridized carbons (Fsp3) is 0.308. The second-order valence-electron chi connectivity index (χ2n) is 4.73. The average Bonchev–Trinajstić information content (AvgIpc) is 2.77. The Morgan fingerprint density at radius 2 is 2.25 bits per heavy atom. The molecule has 2 heterocycles. The van der Waals surface area contributed by atoms with Gasteiger partial charge in [0, 0.05) is 18.8 Å². The van der Waals surface area contributed by atoms with Crippen molar-refractivity contribution in [3.8, 4) is 0 Å². The van der Waals surface area contributed by atoms with Crippen LogP contribution in [0.15, 0.2) is 33.1 Å². The van der Waals surface area contributed by atoms with Gasteiger partial charge < -0.3 is 4.57 Å². The number of nitrogens with zero attached hydrogens (tertiary/aromatic N) is 2. The van der Waals surface area contributed by atoms with Crippen LogP contribution in [0.25, 0.3) is 0 Å². The number of hydrogen-bond acceptors (Lipinski definition) is 4. The lowest BCUT2D eigenvalue weighted by atomic mass is 10.2. The average molecular weight is 356 g/mol. The third-order valence-electron chi connectivity index (χ3n) is 2.51. The van der Waals surface area contributed by atoms with Crippen molar-refractivity contribution < 1.29 is 4.79 Å². The molecule has 1 N–H and O–H groups in total. The molecule has 0 aromatic carbocycles. The third kappa shape index (κ3) is 3.77. The Kier molecular flexibility index (Phi) is 4.72. The molecular weight excluding hydrogens is 342 g/mol. The number of hydrogen-bond donors (Lipinski definition) is 1. The van der Waals surface area contributed by atoms with E-state index in [2.05, 4.69) is 26.2 Å². The molecular formula is C13H14BrN3O2S. The smallest absolute Gasteiger partial charge is 0.258 e. The molecule has 106 valence electrons. The van der Waals surface area contributed by atoms with Gasteiger partial charge in [0.15, 0.2) is 5.13 Å². The van der Waals surface area contributed by atoms with Crippen molar-refractivity contribution in [2.24, 2.45) is 5.92 Å². The van der Waals surface area contributed by atoms with Gasteiger partial charge in [-0.1, -0.05) is 25.2 Å². The second-order valence-corrected chi connectivity index (χ2v) is 7.14. The van der Waals surface area contributed by atoms with Gasteiger partial charge in [0.2, 0.25) is 0 Å². The minimum absolute atomic E-state index is 0.104. The zero-order valence-electron chi connectivity index (χ0n) is 11.1. The summed E-state index contributed by atoms with van der Waals surface area (Å²) >= 11 is 4.62. The minimum atomic E-state index is -0.274. The van der Waals surface area contributed by atoms with Gasteiger partial charge in [-0.25, -0.2) is 4.98 Å². The Morgan fingerprint density at radius 1 is 1.50 bits per heavy atom. The van der Waals surface area contributed by atoms with E-state index in [1.54, 1.807) is 17.0 Å². The molecule has 0 spiro atoms. The van der Waals surface area contributed by atoms with Gasteiger partial charge in [-0.2, -0.15) is 0 Å². The molecule has 1 amide bonds. The van der Waals surface area contributed by atoms with Gasteiger partial charge in [0.05, 0.1) is 15.5 Å². The van der Waals surface area contributed by atoms with Crippen molar-refractivity contribution in [1.82, 2.24) is 9.55 Å². The Morgan fingerprint density at radius 3 is 2.85 bits per heavy atom. The monoisotopic (exact) mass is 355 g/mol. The summed E-state index contributed by atoms with van der Waals surface area (Å²) in [5, 5.41) is 3.22. The summed E-state index contributed by atoms with van der Waals surface area (Å²) in [6.45, 7) is 4.63. The topological polar surface area (TPSA) is 64.0 Å². The fourth-order valence-corrected chi connectivity index (χ4v) is 2.78. The molecule has 0 aliphatic carbocycles. The predicted octanol–water partition coefficient (Wildman–Crippen LogP) is 2.98. The summed E-state index contributed by atoms with van der Waals surface area (Å²) in [5.74, 6) is 0.0604. The van der Waals surface area contributed by atoms with Crippen LogP contribution in [-0.2, 0) is 6.54 Å². The number of halogens is 1. The maximum absolute atomic E-state index is 12.1. The summed E-state index contributed by atoms with van der Waals surface area (Å²) in [6, 6.07) is 2.94. The molecule has 0 saturated heterocycles. The van der Waals surface area contributed by atoms with E-state index in [1.165, 1.54) is 23.5 Å². The standard InChI is InChI=1S/C13H14BrN3O2S/c1-8(2)6-17-7-9(3-4-11(17)18)12(19)16-13-15-5-10(14)20-13/h3-5,7-8H,6H2,1-2H3,(H,15,16,19). The van der Waals surface area contributed by atoms with E-state index in [1.807, 2.05) is 13.8 Å². The molecule has 0 unspecified atom stereocenters. The van der Waals surface area contributed by atoms with Crippen molar-refractivity contribution in [2.75, 3.05) is 5.32 Å². The van der Waals surface area contributed by atoms with Crippen LogP contribution in [0.3, 0.4) is 0 Å². The molecule has 2 rings (SSSR count). The van der Waals surface area contributed by atoms with Crippen molar-refractivity contribution in [2.45, 2.75) is 20.4 Å². The molecule has 0 saturated carbocycles. The molecule has 0 radical (unpaired) electrons. The van der Waals surface area contributed by atoms with E-state index >= 15 is 0 Å². The summed E-state index contributed by atoms with van der Waals surface area (Å²) in [4.78, 5) is 27.8. The zero-order valence-corrected chi connectivity index (χ0v) is 13.5. The van der Waals surface area contributed by atoms with Crippen molar-refractivity contribution in [3.63, 3.8) is 0 Å². The first-order chi connectivity index (χ1) is 9.45. The maximum atomic E-state index is 12.1. The van der Waals surface area contributed by atoms with Gasteiger partial charge in [-0.15, -0.1) is 0 Å². The van der Waals surface area contributed by atoms with Crippen LogP contribution in [0.2, 0.25) is 0 Å². The molecule has 7 heteroatoms. The quantitative estimate of drug-likeness (QED) is 0.916. The molecule has 2 aromatic rings. The Bertz CT molecular complexity index is 678. The fourth-order valence-electron chi connectivity index (χ4n) is 1.68. The first kappa shape index (κ1) is 14.9. The van der Waals surface area contributed by atoms with Crippen LogP contribution in [-0.4, -0.2) is 15.5 Å². The number of pyridine rings is 1. The highest BCUT2D eigenvalue weighted by Crippen LogP contribution is 2.23. The molecule has 0 atom stereocenters. The molecule has 5 nitrogen and oxygen atoms in total. The highest BCUT2D eigenvalue weighted by molar-refractivity contribution is 9.11. The maximum Gasteiger partial charge on any atom is 0.258 e. The molecule has 20 heavy (non-hydrogen) atoms. The van der Waals surface area contributed by atoms with Crippen molar-refractivity contribution in [3.05, 3.63) is 44.2 Å². The Balaban J connectivity index is 2.19. The summed E-state index contributed by atoms with van der Waals surface area (Å²) in [7, 11) is 0. The third-order valence-corrected chi connectivity index (χ3v) is 3.90. The van der Waals surface area contributed by atoms with Gasteiger partial charge >= 0.3 is 0 Å². The minimum Gasteiger partial charge on any atom is -0.314 e. The van der Waals surface area contributed by atoms with Crippen LogP contribution < -0.4 is 10.9 Å². The van der Waals surface area contributed by atoms with Crippen LogP contribution >= 0.6 is 27.3 Å². The molecule has 0 aliphatic rings. The predicted molar refractivity (Wildman–Crippen MR) is 83.3 cm³/mol. The van der Waals surface area contributed by atoms with Crippen LogP contribution in [0, 0.1) is 5.92 Å². The number of carbonyl (C=O) groups excluding carboxylic acids is 1. The van der Waals surface area contributed by atoms with Crippen LogP contribution in [0.5, 0.6) is 0 Å². The summed E-state index contributed by atoms with van der Waals surface area (Å²) in [6.07, 6.45) is 3.21. The highest BCUT2D eigenvalue weighted by atomic mass is 79.9. The van der Waals surface area contributed by atoms with Crippen LogP contribution in [0.1, 0.15) is 24.2 Å². The summed E-state index contributed by atoms with van der Waals surface area (Å²) < 4.78 is 2.40. The first-order valence-electron chi connectivity index (χ1n) is 6.09.